The molecule has 0 bridgehead atoms. The Balaban J connectivity index is 2.36. The van der Waals surface area contributed by atoms with Crippen molar-refractivity contribution < 1.29 is 19.1 Å². The number of benzene rings is 2. The molecule has 0 heterocycles. The van der Waals surface area contributed by atoms with Crippen LogP contribution in [-0.2, 0) is 14.3 Å². The lowest BCUT2D eigenvalue weighted by atomic mass is 10.0. The van der Waals surface area contributed by atoms with Crippen LogP contribution in [0.4, 0.5) is 10.5 Å². The third-order valence-corrected chi connectivity index (χ3v) is 6.59. The highest BCUT2D eigenvalue weighted by molar-refractivity contribution is 6.34. The number of para-hydroxylation sites is 1. The molecule has 1 atom stereocenters. The number of aryl methyl sites for hydroxylation is 2. The molecule has 0 radical (unpaired) electrons. The number of hydrogen-bond acceptors (Lipinski definition) is 4. The Morgan fingerprint density at radius 3 is 2.21 bits per heavy atom. The maximum atomic E-state index is 13.9. The largest absolute Gasteiger partial charge is 0.444 e. The van der Waals surface area contributed by atoms with Gasteiger partial charge in [0, 0.05) is 6.54 Å². The van der Waals surface area contributed by atoms with E-state index in [0.29, 0.717) is 22.8 Å². The number of carbonyl (C=O) groups excluding carboxylic acids is 3. The van der Waals surface area contributed by atoms with E-state index in [1.165, 1.54) is 6.42 Å². The molecule has 3 amide bonds. The van der Waals surface area contributed by atoms with Crippen LogP contribution in [0.3, 0.4) is 0 Å². The number of nitrogens with zero attached hydrogens (tertiary/aromatic N) is 1. The van der Waals surface area contributed by atoms with Crippen molar-refractivity contribution in [2.75, 3.05) is 18.4 Å². The van der Waals surface area contributed by atoms with Crippen LogP contribution >= 0.6 is 11.6 Å². The Labute approximate surface area is 238 Å². The van der Waals surface area contributed by atoms with Gasteiger partial charge in [-0.15, -0.1) is 0 Å². The Morgan fingerprint density at radius 2 is 1.59 bits per heavy atom. The third kappa shape index (κ3) is 10.9. The van der Waals surface area contributed by atoms with E-state index in [2.05, 4.69) is 17.6 Å². The average molecular weight is 558 g/mol. The third-order valence-electron chi connectivity index (χ3n) is 6.28. The number of ether oxygens (including phenoxy) is 1. The van der Waals surface area contributed by atoms with Gasteiger partial charge in [0.15, 0.2) is 0 Å². The second kappa shape index (κ2) is 15.5. The van der Waals surface area contributed by atoms with Gasteiger partial charge in [-0.25, -0.2) is 4.79 Å². The summed E-state index contributed by atoms with van der Waals surface area (Å²) in [7, 11) is 0. The van der Waals surface area contributed by atoms with E-state index < -0.39 is 17.7 Å². The highest BCUT2D eigenvalue weighted by atomic mass is 35.5. The monoisotopic (exact) mass is 557 g/mol. The first-order valence-corrected chi connectivity index (χ1v) is 14.2. The predicted octanol–water partition coefficient (Wildman–Crippen LogP) is 7.35. The summed E-state index contributed by atoms with van der Waals surface area (Å²) in [6.45, 7) is 11.4. The highest BCUT2D eigenvalue weighted by Crippen LogP contribution is 2.29. The van der Waals surface area contributed by atoms with Crippen molar-refractivity contribution in [1.82, 2.24) is 10.2 Å². The summed E-state index contributed by atoms with van der Waals surface area (Å²) in [5, 5.41) is 5.94. The quantitative estimate of drug-likeness (QED) is 0.252. The van der Waals surface area contributed by atoms with Crippen molar-refractivity contribution in [2.45, 2.75) is 91.7 Å². The zero-order valence-electron chi connectivity index (χ0n) is 24.2. The maximum absolute atomic E-state index is 13.9. The minimum absolute atomic E-state index is 0.286. The Hall–Kier alpha value is -3.06. The SMILES string of the molecule is CCCCCCCCN(C(=O)CNC(=O)OC(C)(C)C)C(C(=O)Nc1c(C)cccc1Cl)c1ccc(C)cc1. The van der Waals surface area contributed by atoms with Gasteiger partial charge in [-0.1, -0.05) is 92.6 Å². The van der Waals surface area contributed by atoms with E-state index in [4.69, 9.17) is 16.3 Å². The minimum atomic E-state index is -0.912. The number of rotatable bonds is 13. The summed E-state index contributed by atoms with van der Waals surface area (Å²) in [6, 6.07) is 12.1. The first kappa shape index (κ1) is 32.2. The van der Waals surface area contributed by atoms with Crippen LogP contribution in [0.25, 0.3) is 0 Å². The van der Waals surface area contributed by atoms with Gasteiger partial charge in [-0.3, -0.25) is 9.59 Å². The fourth-order valence-corrected chi connectivity index (χ4v) is 4.50. The van der Waals surface area contributed by atoms with Crippen molar-refractivity contribution in [3.8, 4) is 0 Å². The molecule has 2 rings (SSSR count). The molecular weight excluding hydrogens is 514 g/mol. The molecule has 2 aromatic carbocycles. The fraction of sp³-hybridized carbons (Fsp3) is 0.516. The van der Waals surface area contributed by atoms with Crippen molar-refractivity contribution in [3.05, 3.63) is 64.2 Å². The van der Waals surface area contributed by atoms with Gasteiger partial charge in [0.05, 0.1) is 10.7 Å². The molecule has 8 heteroatoms. The Bertz CT molecular complexity index is 1080. The van der Waals surface area contributed by atoms with E-state index in [-0.39, 0.29) is 18.4 Å². The van der Waals surface area contributed by atoms with E-state index in [9.17, 15) is 14.4 Å². The van der Waals surface area contributed by atoms with Gasteiger partial charge < -0.3 is 20.3 Å². The molecule has 0 aliphatic rings. The molecule has 2 aromatic rings. The molecule has 0 saturated carbocycles. The predicted molar refractivity (Wildman–Crippen MR) is 158 cm³/mol. The average Bonchev–Trinajstić information content (AvgIpc) is 2.86. The number of amides is 3. The van der Waals surface area contributed by atoms with Crippen LogP contribution < -0.4 is 10.6 Å². The smallest absolute Gasteiger partial charge is 0.408 e. The number of unbranched alkanes of at least 4 members (excludes halogenated alkanes) is 5. The van der Waals surface area contributed by atoms with Crippen LogP contribution in [0.15, 0.2) is 42.5 Å². The summed E-state index contributed by atoms with van der Waals surface area (Å²) in [6.07, 6.45) is 5.52. The Morgan fingerprint density at radius 1 is 0.949 bits per heavy atom. The van der Waals surface area contributed by atoms with Gasteiger partial charge >= 0.3 is 6.09 Å². The molecule has 0 fully saturated rings. The summed E-state index contributed by atoms with van der Waals surface area (Å²) >= 11 is 6.41. The molecule has 39 heavy (non-hydrogen) atoms. The van der Waals surface area contributed by atoms with Crippen molar-refractivity contribution >= 4 is 35.2 Å². The lowest BCUT2D eigenvalue weighted by Gasteiger charge is -2.32. The summed E-state index contributed by atoms with van der Waals surface area (Å²) in [5.74, 6) is -0.738. The molecule has 1 unspecified atom stereocenters. The van der Waals surface area contributed by atoms with Crippen LogP contribution in [0.5, 0.6) is 0 Å². The molecule has 0 saturated heterocycles. The summed E-state index contributed by atoms with van der Waals surface area (Å²) < 4.78 is 5.30. The first-order valence-electron chi connectivity index (χ1n) is 13.8. The number of carbonyl (C=O) groups is 3. The minimum Gasteiger partial charge on any atom is -0.444 e. The molecule has 2 N–H and O–H groups in total. The normalized spacial score (nSPS) is 12.0. The summed E-state index contributed by atoms with van der Waals surface area (Å²) in [5.41, 5.74) is 2.36. The van der Waals surface area contributed by atoms with E-state index >= 15 is 0 Å². The lowest BCUT2D eigenvalue weighted by Crippen LogP contribution is -2.47. The number of nitrogens with one attached hydrogen (secondary N) is 2. The topological polar surface area (TPSA) is 87.7 Å². The zero-order chi connectivity index (χ0) is 29.0. The van der Waals surface area contributed by atoms with Crippen LogP contribution in [-0.4, -0.2) is 41.5 Å². The molecule has 0 aromatic heterocycles. The zero-order valence-corrected chi connectivity index (χ0v) is 25.0. The molecule has 7 nitrogen and oxygen atoms in total. The lowest BCUT2D eigenvalue weighted by molar-refractivity contribution is -0.138. The van der Waals surface area contributed by atoms with E-state index in [1.807, 2.05) is 50.2 Å². The van der Waals surface area contributed by atoms with Crippen molar-refractivity contribution in [1.29, 1.82) is 0 Å². The van der Waals surface area contributed by atoms with Gasteiger partial charge in [0.1, 0.15) is 18.2 Å². The van der Waals surface area contributed by atoms with Gasteiger partial charge in [0.25, 0.3) is 5.91 Å². The van der Waals surface area contributed by atoms with Gasteiger partial charge in [-0.2, -0.15) is 0 Å². The number of anilines is 1. The molecular formula is C31H44ClN3O4. The molecule has 214 valence electrons. The van der Waals surface area contributed by atoms with Crippen LogP contribution in [0, 0.1) is 13.8 Å². The maximum Gasteiger partial charge on any atom is 0.408 e. The summed E-state index contributed by atoms with van der Waals surface area (Å²) in [4.78, 5) is 41.3. The molecule has 0 aliphatic carbocycles. The highest BCUT2D eigenvalue weighted by Gasteiger charge is 2.32. The second-order valence-corrected chi connectivity index (χ2v) is 11.4. The van der Waals surface area contributed by atoms with Gasteiger partial charge in [0.2, 0.25) is 5.91 Å². The first-order chi connectivity index (χ1) is 18.4. The van der Waals surface area contributed by atoms with Crippen LogP contribution in [0.1, 0.15) is 89.0 Å². The molecule has 0 spiro atoms. The van der Waals surface area contributed by atoms with E-state index in [1.54, 1.807) is 31.7 Å². The van der Waals surface area contributed by atoms with Crippen molar-refractivity contribution in [2.24, 2.45) is 0 Å². The number of alkyl carbamates (subject to hydrolysis) is 1. The van der Waals surface area contributed by atoms with Crippen LogP contribution in [0.2, 0.25) is 5.02 Å². The number of hydrogen-bond donors (Lipinski definition) is 2. The Kier molecular flexibility index (Phi) is 12.8. The van der Waals surface area contributed by atoms with Crippen molar-refractivity contribution in [3.63, 3.8) is 0 Å². The number of halogens is 1. The molecule has 0 aliphatic heterocycles. The standard InChI is InChI=1S/C31H44ClN3O4/c1-7-8-9-10-11-12-20-35(26(36)21-33-30(38)39-31(4,5)6)28(24-18-16-22(2)17-19-24)29(37)34-27-23(3)14-13-15-25(27)32/h13-19,28H,7-12,20-21H2,1-6H3,(H,33,38)(H,34,37). The second-order valence-electron chi connectivity index (χ2n) is 10.9. The van der Waals surface area contributed by atoms with Gasteiger partial charge in [-0.05, 0) is 58.2 Å². The fourth-order valence-electron chi connectivity index (χ4n) is 4.23. The van der Waals surface area contributed by atoms with E-state index in [0.717, 1.165) is 43.2 Å².